The zero-order valence-electron chi connectivity index (χ0n) is 32.3. The molecule has 1 spiro atoms. The van der Waals surface area contributed by atoms with E-state index in [4.69, 9.17) is 19.7 Å². The van der Waals surface area contributed by atoms with Crippen LogP contribution in [0.2, 0.25) is 0 Å². The maximum absolute atomic E-state index is 7.22. The van der Waals surface area contributed by atoms with Crippen molar-refractivity contribution in [3.05, 3.63) is 222 Å². The van der Waals surface area contributed by atoms with Gasteiger partial charge in [-0.15, -0.1) is 0 Å². The third-order valence-electron chi connectivity index (χ3n) is 12.7. The van der Waals surface area contributed by atoms with E-state index in [0.717, 1.165) is 99.9 Å². The van der Waals surface area contributed by atoms with Crippen LogP contribution in [0.5, 0.6) is 11.5 Å². The highest BCUT2D eigenvalue weighted by molar-refractivity contribution is 6.12. The topological polar surface area (TPSA) is 47.9 Å². The monoisotopic (exact) mass is 763 g/mol. The number of fused-ring (bicyclic) bond motifs is 15. The molecule has 8 aromatic carbocycles. The number of ether oxygens (including phenoxy) is 1. The van der Waals surface area contributed by atoms with Crippen LogP contribution in [-0.4, -0.2) is 15.0 Å². The van der Waals surface area contributed by atoms with Gasteiger partial charge in [0.25, 0.3) is 0 Å². The molecule has 0 unspecified atom stereocenters. The van der Waals surface area contributed by atoms with Gasteiger partial charge < -0.3 is 4.74 Å². The van der Waals surface area contributed by atoms with Crippen molar-refractivity contribution in [3.63, 3.8) is 0 Å². The molecule has 2 aliphatic rings. The van der Waals surface area contributed by atoms with Crippen LogP contribution in [0.1, 0.15) is 22.3 Å². The summed E-state index contributed by atoms with van der Waals surface area (Å²) in [5, 5.41) is 5.43. The summed E-state index contributed by atoms with van der Waals surface area (Å²) in [6, 6.07) is 71.2. The second kappa shape index (κ2) is 12.5. The fraction of sp³-hybridized carbons (Fsp3) is 0.0179. The molecular weight excluding hydrogens is 731 g/mol. The molecule has 4 heterocycles. The molecule has 0 bridgehead atoms. The van der Waals surface area contributed by atoms with E-state index in [9.17, 15) is 0 Å². The number of pyridine rings is 3. The molecule has 0 saturated carbocycles. The molecule has 0 radical (unpaired) electrons. The Morgan fingerprint density at radius 3 is 1.62 bits per heavy atom. The molecule has 1 aliphatic heterocycles. The number of para-hydroxylation sites is 1. The average molecular weight is 764 g/mol. The van der Waals surface area contributed by atoms with Crippen LogP contribution < -0.4 is 4.74 Å². The number of hydrogen-bond acceptors (Lipinski definition) is 4. The maximum Gasteiger partial charge on any atom is 0.132 e. The summed E-state index contributed by atoms with van der Waals surface area (Å²) in [4.78, 5) is 15.8. The summed E-state index contributed by atoms with van der Waals surface area (Å²) >= 11 is 0. The summed E-state index contributed by atoms with van der Waals surface area (Å²) in [5.74, 6) is 1.63. The zero-order valence-corrected chi connectivity index (χ0v) is 32.3. The molecular formula is C56H33N3O. The number of rotatable bonds is 3. The van der Waals surface area contributed by atoms with Crippen molar-refractivity contribution in [2.75, 3.05) is 0 Å². The molecule has 1 aliphatic carbocycles. The largest absolute Gasteiger partial charge is 0.457 e. The highest BCUT2D eigenvalue weighted by atomic mass is 16.5. The highest BCUT2D eigenvalue weighted by Crippen LogP contribution is 2.63. The van der Waals surface area contributed by atoms with Crippen LogP contribution in [0, 0.1) is 0 Å². The average Bonchev–Trinajstić information content (AvgIpc) is 3.61. The first kappa shape index (κ1) is 33.1. The molecule has 4 nitrogen and oxygen atoms in total. The van der Waals surface area contributed by atoms with Gasteiger partial charge in [0.05, 0.1) is 39.0 Å². The summed E-state index contributed by atoms with van der Waals surface area (Å²) in [7, 11) is 0. The Kier molecular flexibility index (Phi) is 6.90. The SMILES string of the molecule is c1ccc(-c2ccc3ccc4ccc(-c5ccc6c(c5)Oc5cc7c(-c8ccccc8)nc8ccccc8c7cc5C65c6ccccc6-c6ccccc65)nc4c3n2)cc1. The Morgan fingerprint density at radius 1 is 0.350 bits per heavy atom. The van der Waals surface area contributed by atoms with E-state index < -0.39 is 5.41 Å². The van der Waals surface area contributed by atoms with Crippen LogP contribution in [0.4, 0.5) is 0 Å². The minimum atomic E-state index is -0.634. The first-order chi connectivity index (χ1) is 29.7. The fourth-order valence-electron chi connectivity index (χ4n) is 10.0. The number of hydrogen-bond donors (Lipinski definition) is 0. The number of aromatic nitrogens is 3. The Hall–Kier alpha value is -7.95. The lowest BCUT2D eigenvalue weighted by atomic mass is 9.65. The Morgan fingerprint density at radius 2 is 0.917 bits per heavy atom. The van der Waals surface area contributed by atoms with E-state index in [1.807, 2.05) is 18.2 Å². The van der Waals surface area contributed by atoms with E-state index >= 15 is 0 Å². The lowest BCUT2D eigenvalue weighted by molar-refractivity contribution is 0.437. The van der Waals surface area contributed by atoms with Gasteiger partial charge >= 0.3 is 0 Å². The quantitative estimate of drug-likeness (QED) is 0.168. The second-order valence-electron chi connectivity index (χ2n) is 15.9. The van der Waals surface area contributed by atoms with Crippen molar-refractivity contribution in [3.8, 4) is 56.4 Å². The third-order valence-corrected chi connectivity index (χ3v) is 12.7. The Bertz CT molecular complexity index is 3530. The molecule has 0 N–H and O–H groups in total. The summed E-state index contributed by atoms with van der Waals surface area (Å²) in [6.45, 7) is 0. The van der Waals surface area contributed by atoms with Crippen molar-refractivity contribution in [2.24, 2.45) is 0 Å². The van der Waals surface area contributed by atoms with Gasteiger partial charge in [-0.25, -0.2) is 15.0 Å². The molecule has 0 fully saturated rings. The molecule has 0 saturated heterocycles. The fourth-order valence-corrected chi connectivity index (χ4v) is 10.0. The van der Waals surface area contributed by atoms with E-state index in [1.165, 1.54) is 22.3 Å². The van der Waals surface area contributed by atoms with Crippen molar-refractivity contribution in [2.45, 2.75) is 5.41 Å². The third kappa shape index (κ3) is 4.64. The van der Waals surface area contributed by atoms with Gasteiger partial charge in [-0.3, -0.25) is 0 Å². The maximum atomic E-state index is 7.22. The van der Waals surface area contributed by atoms with Crippen molar-refractivity contribution >= 4 is 43.5 Å². The summed E-state index contributed by atoms with van der Waals surface area (Å²) in [6.07, 6.45) is 0. The van der Waals surface area contributed by atoms with Gasteiger partial charge in [-0.05, 0) is 64.0 Å². The van der Waals surface area contributed by atoms with E-state index in [0.29, 0.717) is 0 Å². The smallest absolute Gasteiger partial charge is 0.132 e. The molecule has 0 amide bonds. The van der Waals surface area contributed by atoms with Crippen LogP contribution >= 0.6 is 0 Å². The predicted octanol–water partition coefficient (Wildman–Crippen LogP) is 14.0. The molecule has 4 heteroatoms. The van der Waals surface area contributed by atoms with Crippen molar-refractivity contribution in [1.29, 1.82) is 0 Å². The Balaban J connectivity index is 1.07. The first-order valence-corrected chi connectivity index (χ1v) is 20.4. The minimum absolute atomic E-state index is 0.634. The summed E-state index contributed by atoms with van der Waals surface area (Å²) < 4.78 is 7.22. The van der Waals surface area contributed by atoms with Crippen molar-refractivity contribution in [1.82, 2.24) is 15.0 Å². The lowest BCUT2D eigenvalue weighted by Crippen LogP contribution is -2.32. The highest BCUT2D eigenvalue weighted by Gasteiger charge is 2.51. The summed E-state index contributed by atoms with van der Waals surface area (Å²) in [5.41, 5.74) is 15.2. The standard InChI is InChI=1S/C56H33N3O/c1-3-13-34(14-4-1)48-29-26-36-23-24-37-27-30-49(58-55(37)54(36)57-48)38-25-28-46-51(31-38)60-52-33-43-42(41-19-9-12-22-50(41)59-53(43)35-15-5-2-6-16-35)32-47(52)56(46)44-20-10-7-17-39(44)40-18-8-11-21-45(40)56/h1-33H. The molecule has 13 rings (SSSR count). The van der Waals surface area contributed by atoms with E-state index in [-0.39, 0.29) is 0 Å². The van der Waals surface area contributed by atoms with Gasteiger partial charge in [0.1, 0.15) is 11.5 Å². The number of nitrogens with zero attached hydrogens (tertiary/aromatic N) is 3. The van der Waals surface area contributed by atoms with E-state index in [2.05, 4.69) is 182 Å². The lowest BCUT2D eigenvalue weighted by Gasteiger charge is -2.40. The van der Waals surface area contributed by atoms with Gasteiger partial charge in [-0.1, -0.05) is 164 Å². The molecule has 11 aromatic rings. The van der Waals surface area contributed by atoms with Crippen molar-refractivity contribution < 1.29 is 4.74 Å². The van der Waals surface area contributed by atoms with Gasteiger partial charge in [0.2, 0.25) is 0 Å². The van der Waals surface area contributed by atoms with Crippen LogP contribution in [-0.2, 0) is 5.41 Å². The van der Waals surface area contributed by atoms with Gasteiger partial charge in [0, 0.05) is 49.4 Å². The second-order valence-corrected chi connectivity index (χ2v) is 15.9. The van der Waals surface area contributed by atoms with Gasteiger partial charge in [-0.2, -0.15) is 0 Å². The predicted molar refractivity (Wildman–Crippen MR) is 244 cm³/mol. The van der Waals surface area contributed by atoms with Crippen LogP contribution in [0.3, 0.4) is 0 Å². The van der Waals surface area contributed by atoms with Gasteiger partial charge in [0.15, 0.2) is 0 Å². The molecule has 278 valence electrons. The normalized spacial score (nSPS) is 13.3. The number of benzene rings is 8. The van der Waals surface area contributed by atoms with Crippen LogP contribution in [0.15, 0.2) is 200 Å². The molecule has 0 atom stereocenters. The molecule has 3 aromatic heterocycles. The Labute approximate surface area is 346 Å². The minimum Gasteiger partial charge on any atom is -0.457 e. The molecule has 60 heavy (non-hydrogen) atoms. The zero-order chi connectivity index (χ0) is 39.4. The van der Waals surface area contributed by atoms with Crippen LogP contribution in [0.25, 0.3) is 88.4 Å². The first-order valence-electron chi connectivity index (χ1n) is 20.4. The van der Waals surface area contributed by atoms with E-state index in [1.54, 1.807) is 0 Å².